The molecule has 64 valence electrons. The molecule has 2 N–H and O–H groups in total. The van der Waals surface area contributed by atoms with Gasteiger partial charge in [0.25, 0.3) is 0 Å². The first-order chi connectivity index (χ1) is 5.61. The van der Waals surface area contributed by atoms with Crippen LogP contribution in [0.5, 0.6) is 0 Å². The summed E-state index contributed by atoms with van der Waals surface area (Å²) >= 11 is 0. The third-order valence-corrected chi connectivity index (χ3v) is 1.06. The van der Waals surface area contributed by atoms with Crippen LogP contribution in [-0.4, -0.2) is 16.2 Å². The zero-order valence-electron chi connectivity index (χ0n) is 6.53. The van der Waals surface area contributed by atoms with Gasteiger partial charge in [-0.15, -0.1) is 0 Å². The SMILES string of the molecule is C=C/C=C(\C=C(\O)C=C)C(=O)O. The van der Waals surface area contributed by atoms with Crippen molar-refractivity contribution in [1.29, 1.82) is 0 Å². The van der Waals surface area contributed by atoms with Crippen molar-refractivity contribution in [1.82, 2.24) is 0 Å². The molecule has 0 bridgehead atoms. The number of hydrogen-bond acceptors (Lipinski definition) is 2. The Hall–Kier alpha value is -1.77. The molecule has 0 aromatic carbocycles. The Morgan fingerprint density at radius 1 is 1.25 bits per heavy atom. The summed E-state index contributed by atoms with van der Waals surface area (Å²) in [5, 5.41) is 17.5. The number of carbonyl (C=O) groups is 1. The molecule has 0 aliphatic carbocycles. The fourth-order valence-electron chi connectivity index (χ4n) is 0.526. The first-order valence-corrected chi connectivity index (χ1v) is 3.21. The molecule has 0 fully saturated rings. The molecule has 0 saturated carbocycles. The molecule has 0 aliphatic rings. The van der Waals surface area contributed by atoms with Crippen LogP contribution in [0.2, 0.25) is 0 Å². The second-order valence-corrected chi connectivity index (χ2v) is 1.94. The van der Waals surface area contributed by atoms with Gasteiger partial charge in [0.1, 0.15) is 5.76 Å². The van der Waals surface area contributed by atoms with Crippen LogP contribution < -0.4 is 0 Å². The minimum atomic E-state index is -1.12. The summed E-state index contributed by atoms with van der Waals surface area (Å²) in [6, 6.07) is 0. The van der Waals surface area contributed by atoms with E-state index in [-0.39, 0.29) is 11.3 Å². The molecule has 0 radical (unpaired) electrons. The number of allylic oxidation sites excluding steroid dienone is 3. The second-order valence-electron chi connectivity index (χ2n) is 1.94. The Kier molecular flexibility index (Phi) is 4.23. The lowest BCUT2D eigenvalue weighted by Crippen LogP contribution is -1.97. The van der Waals surface area contributed by atoms with Gasteiger partial charge in [-0.25, -0.2) is 4.79 Å². The summed E-state index contributed by atoms with van der Waals surface area (Å²) in [6.45, 7) is 6.61. The topological polar surface area (TPSA) is 57.5 Å². The van der Waals surface area contributed by atoms with Gasteiger partial charge in [-0.1, -0.05) is 19.2 Å². The average molecular weight is 166 g/mol. The molecule has 0 aliphatic heterocycles. The maximum atomic E-state index is 10.4. The number of carboxylic acids is 1. The molecule has 12 heavy (non-hydrogen) atoms. The fraction of sp³-hybridized carbons (Fsp3) is 0. The fourth-order valence-corrected chi connectivity index (χ4v) is 0.526. The standard InChI is InChI=1S/C9H10O3/c1-3-5-7(9(11)12)6-8(10)4-2/h3-6,10H,1-2H2,(H,11,12)/b7-5+,8-6+. The second kappa shape index (κ2) is 4.96. The molecular formula is C9H10O3. The van der Waals surface area contributed by atoms with Crippen molar-refractivity contribution in [3.05, 3.63) is 48.8 Å². The van der Waals surface area contributed by atoms with Gasteiger partial charge < -0.3 is 10.2 Å². The van der Waals surface area contributed by atoms with Gasteiger partial charge >= 0.3 is 5.97 Å². The summed E-state index contributed by atoms with van der Waals surface area (Å²) in [4.78, 5) is 10.4. The highest BCUT2D eigenvalue weighted by atomic mass is 16.4. The summed E-state index contributed by atoms with van der Waals surface area (Å²) < 4.78 is 0. The first kappa shape index (κ1) is 10.2. The maximum absolute atomic E-state index is 10.4. The van der Waals surface area contributed by atoms with Crippen LogP contribution >= 0.6 is 0 Å². The third kappa shape index (κ3) is 3.41. The predicted molar refractivity (Wildman–Crippen MR) is 46.8 cm³/mol. The number of aliphatic hydroxyl groups excluding tert-OH is 1. The van der Waals surface area contributed by atoms with Gasteiger partial charge in [0.2, 0.25) is 0 Å². The number of aliphatic carboxylic acids is 1. The van der Waals surface area contributed by atoms with E-state index in [1.54, 1.807) is 0 Å². The molecule has 0 unspecified atom stereocenters. The van der Waals surface area contributed by atoms with Crippen molar-refractivity contribution in [2.75, 3.05) is 0 Å². The Morgan fingerprint density at radius 2 is 1.83 bits per heavy atom. The van der Waals surface area contributed by atoms with E-state index in [4.69, 9.17) is 10.2 Å². The van der Waals surface area contributed by atoms with Crippen molar-refractivity contribution in [2.24, 2.45) is 0 Å². The van der Waals surface area contributed by atoms with E-state index in [2.05, 4.69) is 13.2 Å². The molecule has 0 rings (SSSR count). The van der Waals surface area contributed by atoms with E-state index in [0.29, 0.717) is 0 Å². The van der Waals surface area contributed by atoms with Gasteiger partial charge in [-0.05, 0) is 18.2 Å². The molecule has 0 saturated heterocycles. The van der Waals surface area contributed by atoms with Crippen LogP contribution in [0.1, 0.15) is 0 Å². The minimum absolute atomic E-state index is 0.0394. The largest absolute Gasteiger partial charge is 0.508 e. The van der Waals surface area contributed by atoms with Crippen LogP contribution in [0.4, 0.5) is 0 Å². The highest BCUT2D eigenvalue weighted by molar-refractivity contribution is 5.90. The van der Waals surface area contributed by atoms with Gasteiger partial charge in [-0.3, -0.25) is 0 Å². The summed E-state index contributed by atoms with van der Waals surface area (Å²) in [5.74, 6) is -1.31. The quantitative estimate of drug-likeness (QED) is 0.380. The third-order valence-electron chi connectivity index (χ3n) is 1.06. The van der Waals surface area contributed by atoms with Crippen molar-refractivity contribution in [3.63, 3.8) is 0 Å². The Balaban J connectivity index is 4.78. The van der Waals surface area contributed by atoms with Crippen molar-refractivity contribution in [2.45, 2.75) is 0 Å². The molecule has 0 spiro atoms. The molecular weight excluding hydrogens is 156 g/mol. The molecule has 0 atom stereocenters. The highest BCUT2D eigenvalue weighted by Crippen LogP contribution is 2.01. The van der Waals surface area contributed by atoms with E-state index < -0.39 is 5.97 Å². The molecule has 0 amide bonds. The number of hydrogen-bond donors (Lipinski definition) is 2. The van der Waals surface area contributed by atoms with Crippen LogP contribution in [-0.2, 0) is 4.79 Å². The predicted octanol–water partition coefficient (Wildman–Crippen LogP) is 1.81. The van der Waals surface area contributed by atoms with Crippen molar-refractivity contribution < 1.29 is 15.0 Å². The summed E-state index contributed by atoms with van der Waals surface area (Å²) in [6.07, 6.45) is 4.86. The van der Waals surface area contributed by atoms with E-state index in [0.717, 1.165) is 12.2 Å². The monoisotopic (exact) mass is 166 g/mol. The molecule has 3 nitrogen and oxygen atoms in total. The van der Waals surface area contributed by atoms with Crippen LogP contribution in [0.3, 0.4) is 0 Å². The lowest BCUT2D eigenvalue weighted by atomic mass is 10.2. The van der Waals surface area contributed by atoms with Gasteiger partial charge in [0.15, 0.2) is 0 Å². The smallest absolute Gasteiger partial charge is 0.335 e. The number of carboxylic acid groups (broad SMARTS) is 1. The molecule has 3 heteroatoms. The van der Waals surface area contributed by atoms with E-state index in [9.17, 15) is 4.79 Å². The highest BCUT2D eigenvalue weighted by Gasteiger charge is 2.02. The number of aliphatic hydroxyl groups is 1. The first-order valence-electron chi connectivity index (χ1n) is 3.21. The summed E-state index contributed by atoms with van der Waals surface area (Å²) in [5.41, 5.74) is -0.0394. The van der Waals surface area contributed by atoms with Gasteiger partial charge in [0, 0.05) is 0 Å². The lowest BCUT2D eigenvalue weighted by molar-refractivity contribution is -0.132. The molecule has 0 aromatic heterocycles. The number of rotatable bonds is 4. The Labute approximate surface area is 70.7 Å². The normalized spacial score (nSPS) is 12.3. The van der Waals surface area contributed by atoms with Crippen LogP contribution in [0.25, 0.3) is 0 Å². The zero-order valence-corrected chi connectivity index (χ0v) is 6.53. The van der Waals surface area contributed by atoms with Gasteiger partial charge in [0.05, 0.1) is 5.57 Å². The maximum Gasteiger partial charge on any atom is 0.335 e. The summed E-state index contributed by atoms with van der Waals surface area (Å²) in [7, 11) is 0. The Morgan fingerprint density at radius 3 is 2.17 bits per heavy atom. The molecule has 0 heterocycles. The van der Waals surface area contributed by atoms with E-state index in [1.165, 1.54) is 12.2 Å². The minimum Gasteiger partial charge on any atom is -0.508 e. The Bertz CT molecular complexity index is 259. The van der Waals surface area contributed by atoms with Crippen LogP contribution in [0.15, 0.2) is 48.8 Å². The molecule has 0 aromatic rings. The van der Waals surface area contributed by atoms with Crippen molar-refractivity contribution >= 4 is 5.97 Å². The average Bonchev–Trinajstić information content (AvgIpc) is 2.03. The van der Waals surface area contributed by atoms with Crippen molar-refractivity contribution in [3.8, 4) is 0 Å². The van der Waals surface area contributed by atoms with E-state index >= 15 is 0 Å². The van der Waals surface area contributed by atoms with Gasteiger partial charge in [-0.2, -0.15) is 0 Å². The zero-order chi connectivity index (χ0) is 9.56. The van der Waals surface area contributed by atoms with E-state index in [1.807, 2.05) is 0 Å². The lowest BCUT2D eigenvalue weighted by Gasteiger charge is -1.93. The van der Waals surface area contributed by atoms with Crippen LogP contribution in [0, 0.1) is 0 Å².